The van der Waals surface area contributed by atoms with E-state index in [2.05, 4.69) is 20.8 Å². The van der Waals surface area contributed by atoms with Gasteiger partial charge in [0.05, 0.1) is 12.0 Å². The molecule has 0 saturated heterocycles. The zero-order valence-corrected chi connectivity index (χ0v) is 11.2. The smallest absolute Gasteiger partial charge is 0.141 e. The normalized spacial score (nSPS) is 51.6. The molecule has 0 spiro atoms. The van der Waals surface area contributed by atoms with Gasteiger partial charge < -0.3 is 5.11 Å². The highest BCUT2D eigenvalue weighted by molar-refractivity contribution is 5.86. The minimum Gasteiger partial charge on any atom is -0.395 e. The molecule has 0 aliphatic heterocycles. The monoisotopic (exact) mass is 236 g/mol. The number of hydrogen-bond donors (Lipinski definition) is 1. The van der Waals surface area contributed by atoms with Crippen LogP contribution in [-0.4, -0.2) is 17.5 Å². The Labute approximate surface area is 104 Å². The summed E-state index contributed by atoms with van der Waals surface area (Å²) in [4.78, 5) is 12.3. The van der Waals surface area contributed by atoms with E-state index >= 15 is 0 Å². The Morgan fingerprint density at radius 3 is 2.65 bits per heavy atom. The SMILES string of the molecule is C[C@@H]1CCC(=O)[C@@]2(CO)CC[C@@H]3[C@@H]([C@H]12)C3(C)C. The van der Waals surface area contributed by atoms with Crippen molar-refractivity contribution in [2.24, 2.45) is 34.5 Å². The molecule has 3 aliphatic carbocycles. The second kappa shape index (κ2) is 3.34. The van der Waals surface area contributed by atoms with Crippen molar-refractivity contribution in [3.63, 3.8) is 0 Å². The molecule has 3 saturated carbocycles. The lowest BCUT2D eigenvalue weighted by Crippen LogP contribution is -2.51. The van der Waals surface area contributed by atoms with E-state index in [4.69, 9.17) is 0 Å². The molecular weight excluding hydrogens is 212 g/mol. The van der Waals surface area contributed by atoms with Crippen LogP contribution in [0.3, 0.4) is 0 Å². The lowest BCUT2D eigenvalue weighted by atomic mass is 9.55. The van der Waals surface area contributed by atoms with Crippen molar-refractivity contribution in [2.75, 3.05) is 6.61 Å². The maximum atomic E-state index is 12.3. The number of fused-ring (bicyclic) bond motifs is 3. The Morgan fingerprint density at radius 1 is 1.29 bits per heavy atom. The molecule has 3 rings (SSSR count). The van der Waals surface area contributed by atoms with Crippen molar-refractivity contribution in [2.45, 2.75) is 46.5 Å². The molecule has 0 aromatic carbocycles. The molecule has 2 heteroatoms. The van der Waals surface area contributed by atoms with Crippen LogP contribution in [0.15, 0.2) is 0 Å². The number of rotatable bonds is 1. The average molecular weight is 236 g/mol. The number of ketones is 1. The minimum absolute atomic E-state index is 0.0835. The molecule has 3 aliphatic rings. The quantitative estimate of drug-likeness (QED) is 0.760. The van der Waals surface area contributed by atoms with Gasteiger partial charge in [0.2, 0.25) is 0 Å². The lowest BCUT2D eigenvalue weighted by Gasteiger charge is -2.48. The predicted octanol–water partition coefficient (Wildman–Crippen LogP) is 2.65. The van der Waals surface area contributed by atoms with Gasteiger partial charge in [-0.25, -0.2) is 0 Å². The van der Waals surface area contributed by atoms with Crippen molar-refractivity contribution in [3.05, 3.63) is 0 Å². The summed E-state index contributed by atoms with van der Waals surface area (Å²) in [5, 5.41) is 9.85. The number of hydrogen-bond acceptors (Lipinski definition) is 2. The van der Waals surface area contributed by atoms with Gasteiger partial charge in [0, 0.05) is 6.42 Å². The fourth-order valence-corrected chi connectivity index (χ4v) is 5.26. The zero-order chi connectivity index (χ0) is 12.4. The van der Waals surface area contributed by atoms with Gasteiger partial charge in [0.25, 0.3) is 0 Å². The standard InChI is InChI=1S/C15H24O2/c1-9-4-5-11(17)15(8-16)7-6-10-13(12(9)15)14(10,2)3/h9-10,12-13,16H,4-8H2,1-3H3/t9-,10-,12+,13+,15+/m1/s1. The predicted molar refractivity (Wildman–Crippen MR) is 66.4 cm³/mol. The van der Waals surface area contributed by atoms with Gasteiger partial charge in [-0.3, -0.25) is 4.79 Å². The van der Waals surface area contributed by atoms with Crippen LogP contribution >= 0.6 is 0 Å². The summed E-state index contributed by atoms with van der Waals surface area (Å²) in [5.74, 6) is 2.89. The van der Waals surface area contributed by atoms with Gasteiger partial charge in [-0.05, 0) is 48.3 Å². The van der Waals surface area contributed by atoms with E-state index in [1.807, 2.05) is 0 Å². The number of aliphatic hydroxyl groups excluding tert-OH is 1. The number of carbonyl (C=O) groups excluding carboxylic acids is 1. The van der Waals surface area contributed by atoms with Crippen LogP contribution in [0.25, 0.3) is 0 Å². The van der Waals surface area contributed by atoms with E-state index in [0.29, 0.717) is 35.4 Å². The van der Waals surface area contributed by atoms with Crippen LogP contribution < -0.4 is 0 Å². The average Bonchev–Trinajstić information content (AvgIpc) is 2.86. The number of Topliss-reactive ketones (excluding diaryl/α,β-unsaturated/α-hetero) is 1. The Hall–Kier alpha value is -0.370. The van der Waals surface area contributed by atoms with E-state index in [9.17, 15) is 9.90 Å². The number of aliphatic hydroxyl groups is 1. The first-order chi connectivity index (χ1) is 7.95. The molecule has 3 fully saturated rings. The van der Waals surface area contributed by atoms with Gasteiger partial charge in [-0.15, -0.1) is 0 Å². The van der Waals surface area contributed by atoms with E-state index < -0.39 is 0 Å². The van der Waals surface area contributed by atoms with Crippen LogP contribution in [-0.2, 0) is 4.79 Å². The molecule has 96 valence electrons. The van der Waals surface area contributed by atoms with Crippen molar-refractivity contribution in [1.29, 1.82) is 0 Å². The van der Waals surface area contributed by atoms with E-state index in [0.717, 1.165) is 25.2 Å². The summed E-state index contributed by atoms with van der Waals surface area (Å²) in [6.45, 7) is 7.07. The highest BCUT2D eigenvalue weighted by atomic mass is 16.3. The Balaban J connectivity index is 2.00. The van der Waals surface area contributed by atoms with Gasteiger partial charge in [-0.2, -0.15) is 0 Å². The minimum atomic E-state index is -0.368. The van der Waals surface area contributed by atoms with Crippen molar-refractivity contribution < 1.29 is 9.90 Å². The second-order valence-corrected chi connectivity index (χ2v) is 7.27. The maximum Gasteiger partial charge on any atom is 0.141 e. The van der Waals surface area contributed by atoms with E-state index in [1.165, 1.54) is 0 Å². The maximum absolute atomic E-state index is 12.3. The molecule has 17 heavy (non-hydrogen) atoms. The topological polar surface area (TPSA) is 37.3 Å². The number of carbonyl (C=O) groups is 1. The van der Waals surface area contributed by atoms with Crippen LogP contribution in [0.1, 0.15) is 46.5 Å². The molecule has 2 nitrogen and oxygen atoms in total. The molecule has 0 aromatic rings. The molecule has 1 N–H and O–H groups in total. The van der Waals surface area contributed by atoms with Crippen molar-refractivity contribution >= 4 is 5.78 Å². The van der Waals surface area contributed by atoms with Crippen LogP contribution in [0.2, 0.25) is 0 Å². The van der Waals surface area contributed by atoms with Gasteiger partial charge in [0.15, 0.2) is 0 Å². The van der Waals surface area contributed by atoms with Crippen LogP contribution in [0, 0.1) is 34.5 Å². The van der Waals surface area contributed by atoms with Crippen LogP contribution in [0.4, 0.5) is 0 Å². The van der Waals surface area contributed by atoms with Crippen LogP contribution in [0.5, 0.6) is 0 Å². The highest BCUT2D eigenvalue weighted by Gasteiger charge is 2.70. The first-order valence-electron chi connectivity index (χ1n) is 7.09. The molecule has 0 bridgehead atoms. The van der Waals surface area contributed by atoms with E-state index in [1.54, 1.807) is 0 Å². The summed E-state index contributed by atoms with van der Waals surface area (Å²) in [6.07, 6.45) is 3.80. The summed E-state index contributed by atoms with van der Waals surface area (Å²) < 4.78 is 0. The first kappa shape index (κ1) is 11.7. The van der Waals surface area contributed by atoms with Gasteiger partial charge in [-0.1, -0.05) is 20.8 Å². The third-order valence-corrected chi connectivity index (χ3v) is 6.34. The molecule has 5 atom stereocenters. The summed E-state index contributed by atoms with van der Waals surface area (Å²) in [6, 6.07) is 0. The summed E-state index contributed by atoms with van der Waals surface area (Å²) >= 11 is 0. The molecule has 0 amide bonds. The molecule has 0 unspecified atom stereocenters. The lowest BCUT2D eigenvalue weighted by molar-refractivity contribution is -0.146. The summed E-state index contributed by atoms with van der Waals surface area (Å²) in [7, 11) is 0. The highest BCUT2D eigenvalue weighted by Crippen LogP contribution is 2.73. The van der Waals surface area contributed by atoms with E-state index in [-0.39, 0.29) is 12.0 Å². The summed E-state index contributed by atoms with van der Waals surface area (Å²) in [5.41, 5.74) is 0.0417. The molecule has 0 aromatic heterocycles. The fraction of sp³-hybridized carbons (Fsp3) is 0.933. The van der Waals surface area contributed by atoms with Gasteiger partial charge >= 0.3 is 0 Å². The molecular formula is C15H24O2. The largest absolute Gasteiger partial charge is 0.395 e. The zero-order valence-electron chi connectivity index (χ0n) is 11.2. The Kier molecular flexibility index (Phi) is 2.30. The van der Waals surface area contributed by atoms with Crippen molar-refractivity contribution in [1.82, 2.24) is 0 Å². The van der Waals surface area contributed by atoms with Crippen molar-refractivity contribution in [3.8, 4) is 0 Å². The van der Waals surface area contributed by atoms with Gasteiger partial charge in [0.1, 0.15) is 5.78 Å². The molecule has 0 radical (unpaired) electrons. The second-order valence-electron chi connectivity index (χ2n) is 7.27. The Morgan fingerprint density at radius 2 is 2.00 bits per heavy atom. The third-order valence-electron chi connectivity index (χ3n) is 6.34. The fourth-order valence-electron chi connectivity index (χ4n) is 5.26. The first-order valence-corrected chi connectivity index (χ1v) is 7.09. The molecule has 0 heterocycles. The third kappa shape index (κ3) is 1.28. The Bertz CT molecular complexity index is 360.